The quantitative estimate of drug-likeness (QED) is 0.259. The average Bonchev–Trinajstić information content (AvgIpc) is 3.40. The minimum Gasteiger partial charge on any atom is -0.497 e. The summed E-state index contributed by atoms with van der Waals surface area (Å²) >= 11 is 0. The molecule has 2 atom stereocenters. The Morgan fingerprint density at radius 2 is 1.62 bits per heavy atom. The van der Waals surface area contributed by atoms with Crippen LogP contribution in [0.3, 0.4) is 0 Å². The van der Waals surface area contributed by atoms with Crippen molar-refractivity contribution in [2.45, 2.75) is 57.7 Å². The predicted molar refractivity (Wildman–Crippen MR) is 146 cm³/mol. The van der Waals surface area contributed by atoms with Crippen molar-refractivity contribution >= 4 is 5.71 Å². The molecular formula is C31H36N2O4. The summed E-state index contributed by atoms with van der Waals surface area (Å²) < 4.78 is 23.6. The normalized spacial score (nSPS) is 17.9. The summed E-state index contributed by atoms with van der Waals surface area (Å²) in [5.41, 5.74) is 4.23. The molecule has 5 rings (SSSR count). The van der Waals surface area contributed by atoms with Crippen LogP contribution in [0.5, 0.6) is 23.0 Å². The lowest BCUT2D eigenvalue weighted by Crippen LogP contribution is -2.33. The zero-order valence-corrected chi connectivity index (χ0v) is 22.0. The molecule has 37 heavy (non-hydrogen) atoms. The van der Waals surface area contributed by atoms with Crippen molar-refractivity contribution in [3.05, 3.63) is 83.4 Å². The molecule has 0 amide bonds. The van der Waals surface area contributed by atoms with Crippen LogP contribution in [0.4, 0.5) is 0 Å². The van der Waals surface area contributed by atoms with E-state index >= 15 is 0 Å². The minimum absolute atomic E-state index is 0.0556. The van der Waals surface area contributed by atoms with Gasteiger partial charge >= 0.3 is 0 Å². The molecule has 0 fully saturated rings. The van der Waals surface area contributed by atoms with E-state index in [0.717, 1.165) is 64.8 Å². The van der Waals surface area contributed by atoms with E-state index < -0.39 is 0 Å². The highest BCUT2D eigenvalue weighted by Gasteiger charge is 2.42. The van der Waals surface area contributed by atoms with E-state index in [4.69, 9.17) is 24.0 Å². The molecule has 2 aliphatic rings. The van der Waals surface area contributed by atoms with Crippen molar-refractivity contribution in [2.24, 2.45) is 5.10 Å². The molecule has 6 heteroatoms. The number of hydrogen-bond donors (Lipinski definition) is 0. The topological polar surface area (TPSA) is 52.5 Å². The maximum atomic E-state index is 6.58. The highest BCUT2D eigenvalue weighted by atomic mass is 16.5. The predicted octanol–water partition coefficient (Wildman–Crippen LogP) is 7.30. The van der Waals surface area contributed by atoms with Gasteiger partial charge in [-0.05, 0) is 66.6 Å². The van der Waals surface area contributed by atoms with Crippen LogP contribution in [0, 0.1) is 0 Å². The molecule has 0 saturated carbocycles. The molecule has 0 N–H and O–H groups in total. The number of nitrogens with zero attached hydrogens (tertiary/aromatic N) is 2. The molecule has 0 aromatic heterocycles. The van der Waals surface area contributed by atoms with E-state index in [-0.39, 0.29) is 12.3 Å². The van der Waals surface area contributed by atoms with Crippen molar-refractivity contribution in [3.63, 3.8) is 0 Å². The molecule has 2 unspecified atom stereocenters. The lowest BCUT2D eigenvalue weighted by atomic mass is 9.95. The van der Waals surface area contributed by atoms with Gasteiger partial charge in [0.25, 0.3) is 0 Å². The molecule has 0 saturated heterocycles. The van der Waals surface area contributed by atoms with Crippen LogP contribution in [0.15, 0.2) is 71.8 Å². The van der Waals surface area contributed by atoms with Gasteiger partial charge in [0.15, 0.2) is 11.5 Å². The van der Waals surface area contributed by atoms with Crippen LogP contribution >= 0.6 is 0 Å². The molecule has 2 heterocycles. The van der Waals surface area contributed by atoms with Gasteiger partial charge in [-0.1, -0.05) is 44.7 Å². The Labute approximate surface area is 219 Å². The van der Waals surface area contributed by atoms with Crippen LogP contribution in [-0.2, 0) is 0 Å². The number of fused-ring (bicyclic) bond motifs is 3. The Balaban J connectivity index is 1.38. The fourth-order valence-corrected chi connectivity index (χ4v) is 5.05. The zero-order chi connectivity index (χ0) is 25.6. The van der Waals surface area contributed by atoms with E-state index in [1.165, 1.54) is 25.7 Å². The second-order valence-electron chi connectivity index (χ2n) is 9.56. The van der Waals surface area contributed by atoms with Crippen molar-refractivity contribution < 1.29 is 18.9 Å². The number of benzene rings is 3. The first-order chi connectivity index (χ1) is 18.2. The van der Waals surface area contributed by atoms with Crippen LogP contribution in [0.1, 0.15) is 74.4 Å². The van der Waals surface area contributed by atoms with E-state index in [1.54, 1.807) is 14.2 Å². The molecule has 6 nitrogen and oxygen atoms in total. The number of hydrogen-bond acceptors (Lipinski definition) is 6. The summed E-state index contributed by atoms with van der Waals surface area (Å²) in [6, 6.07) is 22.4. The Kier molecular flexibility index (Phi) is 7.83. The third-order valence-electron chi connectivity index (χ3n) is 7.11. The lowest BCUT2D eigenvalue weighted by Gasteiger charge is -2.38. The number of unbranched alkanes of at least 4 members (excludes halogenated alkanes) is 4. The SMILES string of the molecule is CCCCCCCOc1ccc(C2Oc3c(OC)cccc3C3CC(c4ccc(OC)cc4)=NN32)cc1. The first-order valence-corrected chi connectivity index (χ1v) is 13.3. The van der Waals surface area contributed by atoms with Gasteiger partial charge in [0.05, 0.1) is 32.6 Å². The lowest BCUT2D eigenvalue weighted by molar-refractivity contribution is -0.0209. The zero-order valence-electron chi connectivity index (χ0n) is 22.0. The molecule has 0 aliphatic carbocycles. The molecule has 3 aromatic rings. The largest absolute Gasteiger partial charge is 0.497 e. The van der Waals surface area contributed by atoms with Gasteiger partial charge < -0.3 is 18.9 Å². The van der Waals surface area contributed by atoms with E-state index in [1.807, 2.05) is 36.4 Å². The molecule has 2 aliphatic heterocycles. The van der Waals surface area contributed by atoms with Crippen LogP contribution < -0.4 is 18.9 Å². The molecule has 0 spiro atoms. The van der Waals surface area contributed by atoms with Gasteiger partial charge in [-0.2, -0.15) is 5.10 Å². The molecule has 0 bridgehead atoms. The van der Waals surface area contributed by atoms with Crippen molar-refractivity contribution in [2.75, 3.05) is 20.8 Å². The van der Waals surface area contributed by atoms with Crippen LogP contribution in [-0.4, -0.2) is 31.5 Å². The van der Waals surface area contributed by atoms with E-state index in [0.29, 0.717) is 0 Å². The van der Waals surface area contributed by atoms with Crippen LogP contribution in [0.2, 0.25) is 0 Å². The fraction of sp³-hybridized carbons (Fsp3) is 0.387. The van der Waals surface area contributed by atoms with Crippen molar-refractivity contribution in [1.29, 1.82) is 0 Å². The summed E-state index contributed by atoms with van der Waals surface area (Å²) in [4.78, 5) is 0. The summed E-state index contributed by atoms with van der Waals surface area (Å²) in [5, 5.41) is 7.16. The fourth-order valence-electron chi connectivity index (χ4n) is 5.05. The first-order valence-electron chi connectivity index (χ1n) is 13.3. The van der Waals surface area contributed by atoms with Gasteiger partial charge in [-0.3, -0.25) is 0 Å². The summed E-state index contributed by atoms with van der Waals surface area (Å²) in [7, 11) is 3.36. The van der Waals surface area contributed by atoms with E-state index in [9.17, 15) is 0 Å². The third-order valence-corrected chi connectivity index (χ3v) is 7.11. The molecule has 0 radical (unpaired) electrons. The second-order valence-corrected chi connectivity index (χ2v) is 9.56. The highest BCUT2D eigenvalue weighted by molar-refractivity contribution is 6.02. The Morgan fingerprint density at radius 1 is 0.865 bits per heavy atom. The summed E-state index contributed by atoms with van der Waals surface area (Å²) in [6.07, 6.45) is 6.55. The maximum absolute atomic E-state index is 6.58. The molecular weight excluding hydrogens is 464 g/mol. The van der Waals surface area contributed by atoms with Gasteiger partial charge in [0.2, 0.25) is 6.23 Å². The first kappa shape index (κ1) is 25.0. The van der Waals surface area contributed by atoms with Gasteiger partial charge in [0, 0.05) is 17.5 Å². The third kappa shape index (κ3) is 5.38. The number of hydrazone groups is 1. The maximum Gasteiger partial charge on any atom is 0.214 e. The average molecular weight is 501 g/mol. The number of ether oxygens (including phenoxy) is 4. The van der Waals surface area contributed by atoms with Gasteiger partial charge in [0.1, 0.15) is 11.5 Å². The van der Waals surface area contributed by atoms with Crippen molar-refractivity contribution in [3.8, 4) is 23.0 Å². The van der Waals surface area contributed by atoms with E-state index in [2.05, 4.69) is 42.3 Å². The highest BCUT2D eigenvalue weighted by Crippen LogP contribution is 2.50. The van der Waals surface area contributed by atoms with Gasteiger partial charge in [-0.25, -0.2) is 5.01 Å². The Bertz CT molecular complexity index is 1210. The Hall–Kier alpha value is -3.67. The number of methoxy groups -OCH3 is 2. The minimum atomic E-state index is -0.368. The monoisotopic (exact) mass is 500 g/mol. The van der Waals surface area contributed by atoms with Crippen LogP contribution in [0.25, 0.3) is 0 Å². The van der Waals surface area contributed by atoms with Gasteiger partial charge in [-0.15, -0.1) is 0 Å². The molecule has 194 valence electrons. The Morgan fingerprint density at radius 3 is 2.35 bits per heavy atom. The number of para-hydroxylation sites is 1. The summed E-state index contributed by atoms with van der Waals surface area (Å²) in [6.45, 7) is 2.98. The molecule has 3 aromatic carbocycles. The smallest absolute Gasteiger partial charge is 0.214 e. The standard InChI is InChI=1S/C31H36N2O4/c1-4-5-6-7-8-20-36-25-18-14-23(15-19-25)31-33-28(26-10-9-11-29(35-3)30(26)37-31)21-27(32-33)22-12-16-24(34-2)17-13-22/h9-19,28,31H,4-8,20-21H2,1-3H3. The second kappa shape index (κ2) is 11.6. The summed E-state index contributed by atoms with van der Waals surface area (Å²) in [5.74, 6) is 3.24. The number of rotatable bonds is 11. The van der Waals surface area contributed by atoms with Crippen molar-refractivity contribution in [1.82, 2.24) is 5.01 Å².